The van der Waals surface area contributed by atoms with Crippen LogP contribution in [0.1, 0.15) is 53.9 Å². The molecule has 0 aromatic heterocycles. The number of hydrogen-bond donors (Lipinski definition) is 3. The quantitative estimate of drug-likeness (QED) is 0.658. The van der Waals surface area contributed by atoms with E-state index >= 15 is 0 Å². The summed E-state index contributed by atoms with van der Waals surface area (Å²) in [5.74, 6) is -0.189. The molecule has 0 spiro atoms. The molecule has 0 bridgehead atoms. The van der Waals surface area contributed by atoms with Gasteiger partial charge in [-0.2, -0.15) is 0 Å². The first-order valence-corrected chi connectivity index (χ1v) is 7.70. The highest BCUT2D eigenvalue weighted by Gasteiger charge is 2.45. The second-order valence-electron chi connectivity index (χ2n) is 6.56. The average molecular weight is 319 g/mol. The first-order chi connectivity index (χ1) is 9.29. The van der Waals surface area contributed by atoms with E-state index in [1.54, 1.807) is 6.08 Å². The topological polar surface area (TPSA) is 61.4 Å². The van der Waals surface area contributed by atoms with Crippen molar-refractivity contribution in [3.8, 4) is 0 Å². The van der Waals surface area contributed by atoms with Gasteiger partial charge in [0.15, 0.2) is 5.78 Å². The highest BCUT2D eigenvalue weighted by atomic mass is 35.5. The molecule has 1 aliphatic carbocycles. The summed E-state index contributed by atoms with van der Waals surface area (Å²) >= 11 is 0. The summed E-state index contributed by atoms with van der Waals surface area (Å²) in [5.41, 5.74) is 0.101. The zero-order chi connectivity index (χ0) is 15.4. The Labute approximate surface area is 135 Å². The first kappa shape index (κ1) is 20.6. The highest BCUT2D eigenvalue weighted by Crippen LogP contribution is 2.37. The Morgan fingerprint density at radius 1 is 1.24 bits per heavy atom. The Morgan fingerprint density at radius 2 is 1.71 bits per heavy atom. The number of halogens is 1. The zero-order valence-corrected chi connectivity index (χ0v) is 14.8. The summed E-state index contributed by atoms with van der Waals surface area (Å²) < 4.78 is 0. The predicted molar refractivity (Wildman–Crippen MR) is 89.7 cm³/mol. The third kappa shape index (κ3) is 4.78. The Balaban J connectivity index is 0.00000400. The summed E-state index contributed by atoms with van der Waals surface area (Å²) in [6.45, 7) is 11.9. The van der Waals surface area contributed by atoms with E-state index < -0.39 is 17.2 Å². The van der Waals surface area contributed by atoms with Crippen LogP contribution in [0.25, 0.3) is 0 Å². The lowest BCUT2D eigenvalue weighted by Crippen LogP contribution is -2.60. The van der Waals surface area contributed by atoms with Crippen LogP contribution in [-0.4, -0.2) is 35.7 Å². The fourth-order valence-corrected chi connectivity index (χ4v) is 2.86. The van der Waals surface area contributed by atoms with E-state index in [1.807, 2.05) is 20.8 Å². The van der Waals surface area contributed by atoms with Crippen LogP contribution in [0.5, 0.6) is 0 Å². The molecule has 0 aromatic carbocycles. The molecule has 3 N–H and O–H groups in total. The van der Waals surface area contributed by atoms with Gasteiger partial charge in [-0.15, -0.1) is 12.4 Å². The molecule has 1 unspecified atom stereocenters. The Kier molecular flexibility index (Phi) is 8.11. The molecule has 21 heavy (non-hydrogen) atoms. The van der Waals surface area contributed by atoms with E-state index in [9.17, 15) is 9.90 Å². The lowest BCUT2D eigenvalue weighted by Gasteiger charge is -2.42. The zero-order valence-electron chi connectivity index (χ0n) is 14.0. The third-order valence-electron chi connectivity index (χ3n) is 4.12. The minimum absolute atomic E-state index is 0. The standard InChI is InChI=1S/C16H30N2O2.ClH/c1-6-8-17-16(18-9-7-2)11-15(4,5)14(20)13(19)10-12(16)3;/h10,14,17-18,20H,6-9,11H2,1-5H3;1H. The van der Waals surface area contributed by atoms with Crippen molar-refractivity contribution in [1.82, 2.24) is 10.6 Å². The van der Waals surface area contributed by atoms with Crippen molar-refractivity contribution in [3.05, 3.63) is 11.6 Å². The van der Waals surface area contributed by atoms with Crippen LogP contribution in [0.2, 0.25) is 0 Å². The average Bonchev–Trinajstić information content (AvgIpc) is 2.45. The van der Waals surface area contributed by atoms with Crippen molar-refractivity contribution < 1.29 is 9.90 Å². The lowest BCUT2D eigenvalue weighted by molar-refractivity contribution is -0.128. The number of aliphatic hydroxyl groups excluding tert-OH is 1. The lowest BCUT2D eigenvalue weighted by atomic mass is 9.77. The Bertz CT molecular complexity index is 372. The predicted octanol–water partition coefficient (Wildman–Crippen LogP) is 2.41. The summed E-state index contributed by atoms with van der Waals surface area (Å²) in [6, 6.07) is 0. The highest BCUT2D eigenvalue weighted by molar-refractivity contribution is 5.95. The van der Waals surface area contributed by atoms with Gasteiger partial charge in [-0.05, 0) is 50.9 Å². The maximum atomic E-state index is 12.1. The minimum Gasteiger partial charge on any atom is -0.384 e. The van der Waals surface area contributed by atoms with Crippen LogP contribution in [0.15, 0.2) is 11.6 Å². The normalized spacial score (nSPS) is 24.0. The van der Waals surface area contributed by atoms with Crippen LogP contribution in [0.3, 0.4) is 0 Å². The molecule has 0 fully saturated rings. The largest absolute Gasteiger partial charge is 0.384 e. The molecule has 4 nitrogen and oxygen atoms in total. The van der Waals surface area contributed by atoms with Crippen LogP contribution < -0.4 is 10.6 Å². The number of aliphatic hydroxyl groups is 1. The monoisotopic (exact) mass is 318 g/mol. The maximum absolute atomic E-state index is 12.1. The summed E-state index contributed by atoms with van der Waals surface area (Å²) in [6.07, 6.45) is 3.41. The van der Waals surface area contributed by atoms with Gasteiger partial charge in [-0.3, -0.25) is 15.4 Å². The summed E-state index contributed by atoms with van der Waals surface area (Å²) in [5, 5.41) is 17.4. The van der Waals surface area contributed by atoms with Gasteiger partial charge in [0.05, 0.1) is 5.66 Å². The molecule has 124 valence electrons. The van der Waals surface area contributed by atoms with E-state index in [0.29, 0.717) is 6.42 Å². The SMILES string of the molecule is CCCNC1(NCCC)CC(C)(C)C(O)C(=O)C=C1C.Cl. The van der Waals surface area contributed by atoms with E-state index in [1.165, 1.54) is 0 Å². The molecule has 0 aliphatic heterocycles. The van der Waals surface area contributed by atoms with Crippen LogP contribution >= 0.6 is 12.4 Å². The number of carbonyl (C=O) groups is 1. The minimum atomic E-state index is -0.939. The number of hydrogen-bond acceptors (Lipinski definition) is 4. The van der Waals surface area contributed by atoms with E-state index in [2.05, 4.69) is 24.5 Å². The van der Waals surface area contributed by atoms with Gasteiger partial charge in [0.25, 0.3) is 0 Å². The molecule has 0 saturated heterocycles. The van der Waals surface area contributed by atoms with Gasteiger partial charge < -0.3 is 5.11 Å². The fourth-order valence-electron chi connectivity index (χ4n) is 2.86. The molecule has 0 radical (unpaired) electrons. The van der Waals surface area contributed by atoms with Crippen molar-refractivity contribution in [1.29, 1.82) is 0 Å². The molecule has 0 saturated carbocycles. The first-order valence-electron chi connectivity index (χ1n) is 7.70. The Morgan fingerprint density at radius 3 is 2.14 bits per heavy atom. The fraction of sp³-hybridized carbons (Fsp3) is 0.812. The molecule has 1 rings (SSSR count). The van der Waals surface area contributed by atoms with Gasteiger partial charge >= 0.3 is 0 Å². The van der Waals surface area contributed by atoms with Crippen molar-refractivity contribution in [2.45, 2.75) is 65.6 Å². The van der Waals surface area contributed by atoms with Gasteiger partial charge in [-0.25, -0.2) is 0 Å². The second kappa shape index (κ2) is 8.28. The summed E-state index contributed by atoms with van der Waals surface area (Å²) in [4.78, 5) is 12.1. The molecule has 5 heteroatoms. The van der Waals surface area contributed by atoms with E-state index in [-0.39, 0.29) is 18.2 Å². The molecule has 1 atom stereocenters. The third-order valence-corrected chi connectivity index (χ3v) is 4.12. The molecular formula is C16H31ClN2O2. The number of ketones is 1. The van der Waals surface area contributed by atoms with E-state index in [4.69, 9.17) is 0 Å². The van der Waals surface area contributed by atoms with Crippen LogP contribution in [0, 0.1) is 5.41 Å². The van der Waals surface area contributed by atoms with Crippen LogP contribution in [0.4, 0.5) is 0 Å². The van der Waals surface area contributed by atoms with Crippen molar-refractivity contribution in [3.63, 3.8) is 0 Å². The molecule has 0 heterocycles. The van der Waals surface area contributed by atoms with E-state index in [0.717, 1.165) is 31.5 Å². The smallest absolute Gasteiger partial charge is 0.184 e. The van der Waals surface area contributed by atoms with Crippen LogP contribution in [-0.2, 0) is 4.79 Å². The number of carbonyl (C=O) groups excluding carboxylic acids is 1. The molecular weight excluding hydrogens is 288 g/mol. The molecule has 1 aliphatic rings. The number of rotatable bonds is 6. The van der Waals surface area contributed by atoms with Crippen molar-refractivity contribution in [2.24, 2.45) is 5.41 Å². The van der Waals surface area contributed by atoms with Crippen molar-refractivity contribution >= 4 is 18.2 Å². The van der Waals surface area contributed by atoms with Gasteiger partial charge in [0, 0.05) is 5.41 Å². The molecule has 0 amide bonds. The number of nitrogens with one attached hydrogen (secondary N) is 2. The molecule has 0 aromatic rings. The van der Waals surface area contributed by atoms with Crippen molar-refractivity contribution in [2.75, 3.05) is 13.1 Å². The Hall–Kier alpha value is -0.420. The van der Waals surface area contributed by atoms with Gasteiger partial charge in [0.2, 0.25) is 0 Å². The van der Waals surface area contributed by atoms with Gasteiger partial charge in [0.1, 0.15) is 6.10 Å². The second-order valence-corrected chi connectivity index (χ2v) is 6.56. The summed E-state index contributed by atoms with van der Waals surface area (Å²) in [7, 11) is 0. The van der Waals surface area contributed by atoms with Gasteiger partial charge in [-0.1, -0.05) is 27.7 Å². The maximum Gasteiger partial charge on any atom is 0.184 e.